The normalized spacial score (nSPS) is 20.8. The molecule has 1 aliphatic carbocycles. The van der Waals surface area contributed by atoms with Gasteiger partial charge in [0.2, 0.25) is 0 Å². The predicted molar refractivity (Wildman–Crippen MR) is 103 cm³/mol. The molecular weight excluding hydrogens is 342 g/mol. The first-order valence-corrected chi connectivity index (χ1v) is 9.37. The van der Waals surface area contributed by atoms with Gasteiger partial charge in [0, 0.05) is 16.9 Å². The molecule has 0 aliphatic heterocycles. The summed E-state index contributed by atoms with van der Waals surface area (Å²) in [6.07, 6.45) is 1.83. The average Bonchev–Trinajstić information content (AvgIpc) is 2.59. The van der Waals surface area contributed by atoms with E-state index in [0.717, 1.165) is 12.1 Å². The molecule has 3 rings (SSSR count). The van der Waals surface area contributed by atoms with Gasteiger partial charge in [-0.05, 0) is 43.0 Å². The largest absolute Gasteiger partial charge is 1.00 e. The molecule has 0 radical (unpaired) electrons. The highest BCUT2D eigenvalue weighted by Gasteiger charge is 2.50. The third-order valence-corrected chi connectivity index (χ3v) is 5.93. The Labute approximate surface area is 163 Å². The minimum atomic E-state index is 0. The minimum absolute atomic E-state index is 0. The molecule has 0 bridgehead atoms. The Morgan fingerprint density at radius 1 is 1.08 bits per heavy atom. The van der Waals surface area contributed by atoms with E-state index in [0.29, 0.717) is 23.8 Å². The van der Waals surface area contributed by atoms with Gasteiger partial charge in [-0.1, -0.05) is 56.3 Å². The van der Waals surface area contributed by atoms with E-state index in [1.54, 1.807) is 0 Å². The summed E-state index contributed by atoms with van der Waals surface area (Å²) >= 11 is 0. The number of rotatable bonds is 6. The first kappa shape index (κ1) is 20.7. The summed E-state index contributed by atoms with van der Waals surface area (Å²) in [5.74, 6) is 0.862. The van der Waals surface area contributed by atoms with Crippen LogP contribution in [-0.2, 0) is 0 Å². The topological polar surface area (TPSA) is 33.7 Å². The molecule has 1 fully saturated rings. The summed E-state index contributed by atoms with van der Waals surface area (Å²) < 4.78 is 0. The summed E-state index contributed by atoms with van der Waals surface area (Å²) in [4.78, 5) is 12.5. The number of carbonyl (C=O) groups is 1. The van der Waals surface area contributed by atoms with Crippen LogP contribution in [0.4, 0.5) is 0 Å². The summed E-state index contributed by atoms with van der Waals surface area (Å²) in [5.41, 5.74) is 5.06. The number of halogens is 1. The third-order valence-electron chi connectivity index (χ3n) is 5.93. The lowest BCUT2D eigenvalue weighted by atomic mass is 9.58. The van der Waals surface area contributed by atoms with E-state index in [-0.39, 0.29) is 18.2 Å². The van der Waals surface area contributed by atoms with Gasteiger partial charge in [-0.15, -0.1) is 0 Å². The van der Waals surface area contributed by atoms with Crippen LogP contribution in [0.3, 0.4) is 0 Å². The number of hydrogen-bond acceptors (Lipinski definition) is 1. The number of carbonyl (C=O) groups excluding carboxylic acids is 1. The summed E-state index contributed by atoms with van der Waals surface area (Å²) in [7, 11) is 0. The van der Waals surface area contributed by atoms with Crippen molar-refractivity contribution in [1.29, 1.82) is 0 Å². The number of aryl methyl sites for hydroxylation is 2. The highest BCUT2D eigenvalue weighted by atomic mass is 35.5. The fraction of sp³-hybridized carbons (Fsp3) is 0.435. The van der Waals surface area contributed by atoms with E-state index >= 15 is 0 Å². The van der Waals surface area contributed by atoms with Crippen LogP contribution in [0.5, 0.6) is 0 Å². The first-order valence-electron chi connectivity index (χ1n) is 9.37. The van der Waals surface area contributed by atoms with E-state index in [1.807, 2.05) is 18.2 Å². The smallest absolute Gasteiger partial charge is 0.168 e. The molecule has 0 heterocycles. The summed E-state index contributed by atoms with van der Waals surface area (Å²) in [5, 5.41) is 2.40. The Balaban J connectivity index is 0.00000243. The molecule has 2 aromatic rings. The van der Waals surface area contributed by atoms with E-state index in [1.165, 1.54) is 23.1 Å². The second kappa shape index (κ2) is 8.37. The van der Waals surface area contributed by atoms with Gasteiger partial charge in [0.05, 0.1) is 19.0 Å². The van der Waals surface area contributed by atoms with Gasteiger partial charge in [-0.25, -0.2) is 0 Å². The van der Waals surface area contributed by atoms with Gasteiger partial charge in [-0.3, -0.25) is 4.79 Å². The van der Waals surface area contributed by atoms with Crippen molar-refractivity contribution in [3.8, 4) is 0 Å². The van der Waals surface area contributed by atoms with Crippen LogP contribution in [0.25, 0.3) is 0 Å². The third kappa shape index (κ3) is 4.36. The number of ketones is 1. The maximum Gasteiger partial charge on any atom is 0.168 e. The molecule has 2 N–H and O–H groups in total. The van der Waals surface area contributed by atoms with Crippen molar-refractivity contribution in [2.75, 3.05) is 6.54 Å². The lowest BCUT2D eigenvalue weighted by Crippen LogP contribution is -3.00. The van der Waals surface area contributed by atoms with Crippen LogP contribution in [-0.4, -0.2) is 18.4 Å². The molecule has 1 saturated carbocycles. The predicted octanol–water partition coefficient (Wildman–Crippen LogP) is 1.03. The molecule has 26 heavy (non-hydrogen) atoms. The molecule has 3 heteroatoms. The fourth-order valence-corrected chi connectivity index (χ4v) is 4.18. The zero-order chi connectivity index (χ0) is 18.0. The van der Waals surface area contributed by atoms with E-state index in [9.17, 15) is 4.79 Å². The standard InChI is InChI=1S/C23H29NO.ClH/c1-16-10-11-19(14-17(16)2)21(25)12-13-24-22-20(15-23(22,3)4)18-8-6-5-7-9-18;/h5-11,14,20,22,24H,12-13,15H2,1-4H3;1H. The molecule has 1 aliphatic rings. The molecule has 0 amide bonds. The lowest BCUT2D eigenvalue weighted by molar-refractivity contribution is -0.716. The monoisotopic (exact) mass is 371 g/mol. The van der Waals surface area contributed by atoms with Crippen molar-refractivity contribution < 1.29 is 22.5 Å². The van der Waals surface area contributed by atoms with Crippen molar-refractivity contribution in [2.24, 2.45) is 5.41 Å². The summed E-state index contributed by atoms with van der Waals surface area (Å²) in [6.45, 7) is 9.71. The number of nitrogens with two attached hydrogens (primary N) is 1. The highest BCUT2D eigenvalue weighted by Crippen LogP contribution is 2.48. The highest BCUT2D eigenvalue weighted by molar-refractivity contribution is 5.96. The molecular formula is C23H30ClNO. The Hall–Kier alpha value is -1.64. The van der Waals surface area contributed by atoms with Crippen molar-refractivity contribution in [2.45, 2.75) is 52.5 Å². The minimum Gasteiger partial charge on any atom is -1.00 e. The van der Waals surface area contributed by atoms with Gasteiger partial charge < -0.3 is 17.7 Å². The number of Topliss-reactive ketones (excluding diaryl/α,β-unsaturated/α-hetero) is 1. The molecule has 0 spiro atoms. The molecule has 0 aromatic heterocycles. The van der Waals surface area contributed by atoms with Crippen molar-refractivity contribution in [3.05, 3.63) is 70.8 Å². The summed E-state index contributed by atoms with van der Waals surface area (Å²) in [6, 6.07) is 17.4. The van der Waals surface area contributed by atoms with Gasteiger partial charge in [0.15, 0.2) is 5.78 Å². The van der Waals surface area contributed by atoms with Crippen LogP contribution >= 0.6 is 0 Å². The Bertz CT molecular complexity index is 754. The van der Waals surface area contributed by atoms with Gasteiger partial charge in [0.1, 0.15) is 0 Å². The zero-order valence-electron chi connectivity index (χ0n) is 16.3. The van der Waals surface area contributed by atoms with E-state index in [4.69, 9.17) is 0 Å². The van der Waals surface area contributed by atoms with Gasteiger partial charge >= 0.3 is 0 Å². The maximum atomic E-state index is 12.5. The SMILES string of the molecule is Cc1ccc(C(=O)CC[NH2+]C2C(c3ccccc3)CC2(C)C)cc1C.[Cl-]. The molecule has 2 nitrogen and oxygen atoms in total. The van der Waals surface area contributed by atoms with Crippen molar-refractivity contribution in [1.82, 2.24) is 0 Å². The maximum absolute atomic E-state index is 12.5. The Kier molecular flexibility index (Phi) is 6.65. The molecule has 0 saturated heterocycles. The van der Waals surface area contributed by atoms with E-state index in [2.05, 4.69) is 63.3 Å². The van der Waals surface area contributed by atoms with Crippen molar-refractivity contribution in [3.63, 3.8) is 0 Å². The second-order valence-electron chi connectivity index (χ2n) is 8.23. The van der Waals surface area contributed by atoms with Gasteiger partial charge in [0.25, 0.3) is 0 Å². The first-order chi connectivity index (χ1) is 11.9. The van der Waals surface area contributed by atoms with Crippen LogP contribution in [0.2, 0.25) is 0 Å². The average molecular weight is 372 g/mol. The quantitative estimate of drug-likeness (QED) is 0.756. The van der Waals surface area contributed by atoms with Crippen LogP contribution in [0, 0.1) is 19.3 Å². The molecule has 2 atom stereocenters. The lowest BCUT2D eigenvalue weighted by Gasteiger charge is -2.49. The Morgan fingerprint density at radius 3 is 2.38 bits per heavy atom. The zero-order valence-corrected chi connectivity index (χ0v) is 17.0. The number of hydrogen-bond donors (Lipinski definition) is 1. The molecule has 2 unspecified atom stereocenters. The second-order valence-corrected chi connectivity index (χ2v) is 8.23. The van der Waals surface area contributed by atoms with Crippen LogP contribution in [0.15, 0.2) is 48.5 Å². The van der Waals surface area contributed by atoms with Crippen molar-refractivity contribution >= 4 is 5.78 Å². The molecule has 2 aromatic carbocycles. The van der Waals surface area contributed by atoms with Crippen LogP contribution in [0.1, 0.15) is 59.7 Å². The number of benzene rings is 2. The van der Waals surface area contributed by atoms with Crippen LogP contribution < -0.4 is 17.7 Å². The van der Waals surface area contributed by atoms with E-state index < -0.39 is 0 Å². The van der Waals surface area contributed by atoms with Gasteiger partial charge in [-0.2, -0.15) is 0 Å². The Morgan fingerprint density at radius 2 is 1.77 bits per heavy atom. The number of quaternary nitrogens is 1. The molecule has 140 valence electrons. The fourth-order valence-electron chi connectivity index (χ4n) is 4.18.